The van der Waals surface area contributed by atoms with Gasteiger partial charge in [0.25, 0.3) is 0 Å². The third-order valence-electron chi connectivity index (χ3n) is 3.70. The fourth-order valence-electron chi connectivity index (χ4n) is 2.45. The van der Waals surface area contributed by atoms with Crippen molar-refractivity contribution in [3.8, 4) is 0 Å². The summed E-state index contributed by atoms with van der Waals surface area (Å²) >= 11 is 1.60. The van der Waals surface area contributed by atoms with E-state index in [9.17, 15) is 9.90 Å². The van der Waals surface area contributed by atoms with Gasteiger partial charge in [0.1, 0.15) is 5.92 Å². The van der Waals surface area contributed by atoms with Crippen LogP contribution in [0, 0.1) is 0 Å². The monoisotopic (exact) mass is 313 g/mol. The minimum Gasteiger partial charge on any atom is -0.481 e. The van der Waals surface area contributed by atoms with Gasteiger partial charge in [0.2, 0.25) is 0 Å². The normalized spacial score (nSPS) is 17.8. The van der Waals surface area contributed by atoms with Crippen molar-refractivity contribution in [2.45, 2.75) is 25.2 Å². The van der Waals surface area contributed by atoms with Gasteiger partial charge in [-0.1, -0.05) is 0 Å². The van der Waals surface area contributed by atoms with Crippen LogP contribution in [0.3, 0.4) is 0 Å². The summed E-state index contributed by atoms with van der Waals surface area (Å²) in [6.07, 6.45) is 2.59. The summed E-state index contributed by atoms with van der Waals surface area (Å²) < 4.78 is 5.04. The van der Waals surface area contributed by atoms with Crippen molar-refractivity contribution in [2.75, 3.05) is 45.7 Å². The molecule has 0 radical (unpaired) electrons. The Bertz CT molecular complexity index is 478. The number of hydrogen-bond donors (Lipinski definition) is 2. The number of ether oxygens (including phenoxy) is 1. The van der Waals surface area contributed by atoms with Gasteiger partial charge in [0.05, 0.1) is 12.3 Å². The van der Waals surface area contributed by atoms with Crippen molar-refractivity contribution in [2.24, 2.45) is 0 Å². The number of hydrogen-bond acceptors (Lipinski definition) is 6. The van der Waals surface area contributed by atoms with Gasteiger partial charge < -0.3 is 20.1 Å². The number of nitrogens with one attached hydrogen (secondary N) is 1. The summed E-state index contributed by atoms with van der Waals surface area (Å²) in [5, 5.41) is 13.4. The first-order valence-electron chi connectivity index (χ1n) is 7.25. The number of fused-ring (bicyclic) bond motifs is 1. The number of carboxylic acid groups (broad SMARTS) is 1. The number of aliphatic carboxylic acids is 1. The van der Waals surface area contributed by atoms with Crippen LogP contribution in [0.15, 0.2) is 0 Å². The first kappa shape index (κ1) is 16.2. The second-order valence-corrected chi connectivity index (χ2v) is 6.42. The standard InChI is InChI=1S/C14H23N3O3S/c1-17(8-9-20-2)7-6-15-14-16-12-10(13(18)19)4-3-5-11(12)21-14/h10H,3-9H2,1-2H3,(H,15,16)(H,18,19). The van der Waals surface area contributed by atoms with Crippen LogP contribution in [-0.2, 0) is 16.0 Å². The van der Waals surface area contributed by atoms with E-state index in [1.807, 2.05) is 7.05 Å². The van der Waals surface area contributed by atoms with E-state index in [2.05, 4.69) is 15.2 Å². The largest absolute Gasteiger partial charge is 0.481 e. The highest BCUT2D eigenvalue weighted by Gasteiger charge is 2.29. The molecular weight excluding hydrogens is 290 g/mol. The van der Waals surface area contributed by atoms with E-state index in [4.69, 9.17) is 4.74 Å². The minimum atomic E-state index is -0.757. The number of aryl methyl sites for hydroxylation is 1. The summed E-state index contributed by atoms with van der Waals surface area (Å²) in [5.74, 6) is -1.18. The molecule has 0 bridgehead atoms. The maximum absolute atomic E-state index is 11.3. The highest BCUT2D eigenvalue weighted by Crippen LogP contribution is 2.36. The molecule has 0 amide bonds. The molecule has 1 unspecified atom stereocenters. The second kappa shape index (κ2) is 7.72. The average molecular weight is 313 g/mol. The Hall–Kier alpha value is -1.18. The molecule has 0 fully saturated rings. The molecule has 0 aromatic carbocycles. The third-order valence-corrected chi connectivity index (χ3v) is 4.79. The Morgan fingerprint density at radius 2 is 2.38 bits per heavy atom. The van der Waals surface area contributed by atoms with Crippen molar-refractivity contribution in [1.82, 2.24) is 9.88 Å². The van der Waals surface area contributed by atoms with Gasteiger partial charge >= 0.3 is 5.97 Å². The number of aromatic nitrogens is 1. The van der Waals surface area contributed by atoms with Crippen LogP contribution in [0.4, 0.5) is 5.13 Å². The van der Waals surface area contributed by atoms with Crippen molar-refractivity contribution < 1.29 is 14.6 Å². The molecule has 6 nitrogen and oxygen atoms in total. The van der Waals surface area contributed by atoms with E-state index in [1.165, 1.54) is 0 Å². The van der Waals surface area contributed by atoms with Gasteiger partial charge in [0.15, 0.2) is 5.13 Å². The lowest BCUT2D eigenvalue weighted by atomic mass is 9.91. The highest BCUT2D eigenvalue weighted by atomic mass is 32.1. The number of anilines is 1. The Morgan fingerprint density at radius 1 is 1.57 bits per heavy atom. The zero-order valence-corrected chi connectivity index (χ0v) is 13.4. The van der Waals surface area contributed by atoms with Crippen LogP contribution in [-0.4, -0.2) is 61.4 Å². The summed E-state index contributed by atoms with van der Waals surface area (Å²) in [5.41, 5.74) is 0.772. The fraction of sp³-hybridized carbons (Fsp3) is 0.714. The van der Waals surface area contributed by atoms with Crippen LogP contribution in [0.1, 0.15) is 29.3 Å². The zero-order valence-electron chi connectivity index (χ0n) is 12.6. The molecule has 1 aromatic heterocycles. The predicted octanol–water partition coefficient (Wildman–Crippen LogP) is 1.64. The molecule has 1 aliphatic carbocycles. The molecule has 7 heteroatoms. The molecule has 1 aliphatic rings. The smallest absolute Gasteiger partial charge is 0.312 e. The summed E-state index contributed by atoms with van der Waals surface area (Å²) in [7, 11) is 3.75. The van der Waals surface area contributed by atoms with Crippen LogP contribution >= 0.6 is 11.3 Å². The summed E-state index contributed by atoms with van der Waals surface area (Å²) in [4.78, 5) is 19.1. The SMILES string of the molecule is COCCN(C)CCNc1nc2c(s1)CCCC2C(=O)O. The molecule has 21 heavy (non-hydrogen) atoms. The maximum Gasteiger partial charge on any atom is 0.312 e. The Morgan fingerprint density at radius 3 is 3.10 bits per heavy atom. The quantitative estimate of drug-likeness (QED) is 0.760. The number of nitrogens with zero attached hydrogens (tertiary/aromatic N) is 2. The Kier molecular flexibility index (Phi) is 5.96. The third kappa shape index (κ3) is 4.39. The van der Waals surface area contributed by atoms with E-state index < -0.39 is 11.9 Å². The molecule has 1 atom stereocenters. The molecule has 0 saturated heterocycles. The number of likely N-dealkylation sites (N-methyl/N-ethyl adjacent to an activating group) is 1. The Labute approximate surface area is 129 Å². The lowest BCUT2D eigenvalue weighted by molar-refractivity contribution is -0.139. The zero-order chi connectivity index (χ0) is 15.2. The van der Waals surface area contributed by atoms with Gasteiger partial charge in [0, 0.05) is 31.6 Å². The number of carbonyl (C=O) groups is 1. The minimum absolute atomic E-state index is 0.426. The fourth-order valence-corrected chi connectivity index (χ4v) is 3.54. The number of methoxy groups -OCH3 is 1. The van der Waals surface area contributed by atoms with E-state index in [-0.39, 0.29) is 0 Å². The first-order valence-corrected chi connectivity index (χ1v) is 8.07. The van der Waals surface area contributed by atoms with Gasteiger partial charge in [-0.25, -0.2) is 4.98 Å². The van der Waals surface area contributed by atoms with Crippen molar-refractivity contribution in [3.63, 3.8) is 0 Å². The van der Waals surface area contributed by atoms with E-state index >= 15 is 0 Å². The molecule has 2 rings (SSSR count). The van der Waals surface area contributed by atoms with Crippen molar-refractivity contribution >= 4 is 22.4 Å². The van der Waals surface area contributed by atoms with Gasteiger partial charge in [-0.2, -0.15) is 0 Å². The average Bonchev–Trinajstić information content (AvgIpc) is 2.87. The molecule has 1 heterocycles. The van der Waals surface area contributed by atoms with Gasteiger partial charge in [-0.3, -0.25) is 4.79 Å². The van der Waals surface area contributed by atoms with Gasteiger partial charge in [-0.05, 0) is 26.3 Å². The maximum atomic E-state index is 11.3. The van der Waals surface area contributed by atoms with Crippen molar-refractivity contribution in [3.05, 3.63) is 10.6 Å². The van der Waals surface area contributed by atoms with E-state index in [0.717, 1.165) is 54.8 Å². The molecule has 1 aromatic rings. The van der Waals surface area contributed by atoms with Crippen molar-refractivity contribution in [1.29, 1.82) is 0 Å². The number of thiazole rings is 1. The summed E-state index contributed by atoms with van der Waals surface area (Å²) in [6, 6.07) is 0. The molecule has 118 valence electrons. The van der Waals surface area contributed by atoms with Crippen LogP contribution in [0.2, 0.25) is 0 Å². The molecule has 0 aliphatic heterocycles. The van der Waals surface area contributed by atoms with E-state index in [1.54, 1.807) is 18.4 Å². The van der Waals surface area contributed by atoms with Crippen LogP contribution in [0.25, 0.3) is 0 Å². The molecule has 0 spiro atoms. The summed E-state index contributed by atoms with van der Waals surface area (Å²) in [6.45, 7) is 3.32. The van der Waals surface area contributed by atoms with Crippen LogP contribution < -0.4 is 5.32 Å². The Balaban J connectivity index is 1.86. The molecule has 0 saturated carbocycles. The first-order chi connectivity index (χ1) is 10.1. The predicted molar refractivity (Wildman–Crippen MR) is 83.3 cm³/mol. The number of rotatable bonds is 8. The topological polar surface area (TPSA) is 74.7 Å². The lowest BCUT2D eigenvalue weighted by Crippen LogP contribution is -2.28. The van der Waals surface area contributed by atoms with E-state index in [0.29, 0.717) is 6.42 Å². The second-order valence-electron chi connectivity index (χ2n) is 5.33. The number of carboxylic acids is 1. The van der Waals surface area contributed by atoms with Gasteiger partial charge in [-0.15, -0.1) is 11.3 Å². The molecule has 2 N–H and O–H groups in total. The highest BCUT2D eigenvalue weighted by molar-refractivity contribution is 7.15. The lowest BCUT2D eigenvalue weighted by Gasteiger charge is -2.16. The van der Waals surface area contributed by atoms with Crippen LogP contribution in [0.5, 0.6) is 0 Å². The molecular formula is C14H23N3O3S.